The largest absolute Gasteiger partial charge is 0.491 e. The van der Waals surface area contributed by atoms with Crippen LogP contribution in [0.4, 0.5) is 4.39 Å². The molecule has 0 saturated carbocycles. The summed E-state index contributed by atoms with van der Waals surface area (Å²) in [5.74, 6) is 0.884. The van der Waals surface area contributed by atoms with Crippen LogP contribution in [0.25, 0.3) is 0 Å². The van der Waals surface area contributed by atoms with Gasteiger partial charge in [0.25, 0.3) is 0 Å². The standard InChI is InChI=1S/C16H23FN2O2/c1-12(11-21-15-4-2-14(17)3-5-15)19-16(20)10-13-6-8-18-9-7-13/h2-5,12-13,18H,6-11H2,1H3,(H,19,20). The highest BCUT2D eigenvalue weighted by Crippen LogP contribution is 2.15. The lowest BCUT2D eigenvalue weighted by Crippen LogP contribution is -2.39. The highest BCUT2D eigenvalue weighted by molar-refractivity contribution is 5.76. The second-order valence-corrected chi connectivity index (χ2v) is 5.63. The van der Waals surface area contributed by atoms with Gasteiger partial charge < -0.3 is 15.4 Å². The second-order valence-electron chi connectivity index (χ2n) is 5.63. The first-order chi connectivity index (χ1) is 10.1. The number of rotatable bonds is 6. The average molecular weight is 294 g/mol. The Kier molecular flexibility index (Phi) is 5.99. The van der Waals surface area contributed by atoms with Crippen molar-refractivity contribution in [3.05, 3.63) is 30.1 Å². The van der Waals surface area contributed by atoms with Gasteiger partial charge in [0, 0.05) is 6.42 Å². The van der Waals surface area contributed by atoms with Gasteiger partial charge in [0.05, 0.1) is 6.04 Å². The smallest absolute Gasteiger partial charge is 0.220 e. The molecule has 1 amide bonds. The van der Waals surface area contributed by atoms with Gasteiger partial charge in [-0.15, -0.1) is 0 Å². The maximum absolute atomic E-state index is 12.8. The topological polar surface area (TPSA) is 50.4 Å². The maximum atomic E-state index is 12.8. The lowest BCUT2D eigenvalue weighted by Gasteiger charge is -2.23. The van der Waals surface area contributed by atoms with E-state index in [0.29, 0.717) is 24.7 Å². The number of halogens is 1. The Bertz CT molecular complexity index is 444. The number of ether oxygens (including phenoxy) is 1. The molecule has 2 N–H and O–H groups in total. The molecule has 2 rings (SSSR count). The third-order valence-electron chi connectivity index (χ3n) is 3.65. The van der Waals surface area contributed by atoms with Crippen LogP contribution >= 0.6 is 0 Å². The number of hydrogen-bond donors (Lipinski definition) is 2. The van der Waals surface area contributed by atoms with E-state index < -0.39 is 0 Å². The van der Waals surface area contributed by atoms with Crippen LogP contribution in [0.15, 0.2) is 24.3 Å². The number of hydrogen-bond acceptors (Lipinski definition) is 3. The summed E-state index contributed by atoms with van der Waals surface area (Å²) in [5, 5.41) is 6.24. The SMILES string of the molecule is CC(COc1ccc(F)cc1)NC(=O)CC1CCNCC1. The van der Waals surface area contributed by atoms with E-state index in [-0.39, 0.29) is 17.8 Å². The van der Waals surface area contributed by atoms with E-state index in [1.807, 2.05) is 6.92 Å². The summed E-state index contributed by atoms with van der Waals surface area (Å²) in [4.78, 5) is 11.9. The summed E-state index contributed by atoms with van der Waals surface area (Å²) < 4.78 is 18.3. The third-order valence-corrected chi connectivity index (χ3v) is 3.65. The maximum Gasteiger partial charge on any atom is 0.220 e. The van der Waals surface area contributed by atoms with E-state index in [9.17, 15) is 9.18 Å². The van der Waals surface area contributed by atoms with Crippen LogP contribution in [0.5, 0.6) is 5.75 Å². The molecule has 1 saturated heterocycles. The minimum atomic E-state index is -0.286. The predicted molar refractivity (Wildman–Crippen MR) is 79.7 cm³/mol. The van der Waals surface area contributed by atoms with Crippen LogP contribution in [0.1, 0.15) is 26.2 Å². The van der Waals surface area contributed by atoms with Gasteiger partial charge in [-0.3, -0.25) is 4.79 Å². The fourth-order valence-electron chi connectivity index (χ4n) is 2.48. The molecule has 1 unspecified atom stereocenters. The van der Waals surface area contributed by atoms with E-state index in [1.54, 1.807) is 12.1 Å². The summed E-state index contributed by atoms with van der Waals surface area (Å²) in [5.41, 5.74) is 0. The molecule has 21 heavy (non-hydrogen) atoms. The molecular weight excluding hydrogens is 271 g/mol. The van der Waals surface area contributed by atoms with Crippen molar-refractivity contribution >= 4 is 5.91 Å². The summed E-state index contributed by atoms with van der Waals surface area (Å²) in [6, 6.07) is 5.81. The molecule has 1 heterocycles. The molecule has 4 nitrogen and oxygen atoms in total. The van der Waals surface area contributed by atoms with Crippen molar-refractivity contribution in [2.24, 2.45) is 5.92 Å². The van der Waals surface area contributed by atoms with Gasteiger partial charge in [-0.2, -0.15) is 0 Å². The number of amides is 1. The molecule has 1 aromatic carbocycles. The van der Waals surface area contributed by atoms with Gasteiger partial charge in [-0.05, 0) is 63.0 Å². The van der Waals surface area contributed by atoms with Crippen LogP contribution in [0.3, 0.4) is 0 Å². The summed E-state index contributed by atoms with van der Waals surface area (Å²) in [6.07, 6.45) is 2.71. The molecule has 1 aliphatic rings. The molecule has 0 radical (unpaired) electrons. The Morgan fingerprint density at radius 1 is 1.38 bits per heavy atom. The summed E-state index contributed by atoms with van der Waals surface area (Å²) in [6.45, 7) is 4.29. The van der Waals surface area contributed by atoms with Gasteiger partial charge >= 0.3 is 0 Å². The van der Waals surface area contributed by atoms with Crippen molar-refractivity contribution in [2.45, 2.75) is 32.2 Å². The fraction of sp³-hybridized carbons (Fsp3) is 0.562. The molecule has 0 aromatic heterocycles. The highest BCUT2D eigenvalue weighted by Gasteiger charge is 2.17. The highest BCUT2D eigenvalue weighted by atomic mass is 19.1. The Morgan fingerprint density at radius 3 is 2.71 bits per heavy atom. The van der Waals surface area contributed by atoms with Gasteiger partial charge in [-0.25, -0.2) is 4.39 Å². The number of carbonyl (C=O) groups is 1. The van der Waals surface area contributed by atoms with E-state index in [1.165, 1.54) is 12.1 Å². The van der Waals surface area contributed by atoms with Gasteiger partial charge in [0.2, 0.25) is 5.91 Å². The first-order valence-electron chi connectivity index (χ1n) is 7.52. The van der Waals surface area contributed by atoms with Crippen LogP contribution in [0, 0.1) is 11.7 Å². The molecule has 0 aliphatic carbocycles. The normalized spacial score (nSPS) is 17.2. The molecule has 5 heteroatoms. The minimum Gasteiger partial charge on any atom is -0.491 e. The lowest BCUT2D eigenvalue weighted by molar-refractivity contribution is -0.123. The Morgan fingerprint density at radius 2 is 2.05 bits per heavy atom. The second kappa shape index (κ2) is 7.98. The summed E-state index contributed by atoms with van der Waals surface area (Å²) >= 11 is 0. The van der Waals surface area contributed by atoms with Crippen molar-refractivity contribution < 1.29 is 13.9 Å². The van der Waals surface area contributed by atoms with Crippen molar-refractivity contribution in [1.82, 2.24) is 10.6 Å². The molecule has 0 bridgehead atoms. The first-order valence-corrected chi connectivity index (χ1v) is 7.52. The monoisotopic (exact) mass is 294 g/mol. The zero-order valence-corrected chi connectivity index (χ0v) is 12.4. The number of carbonyl (C=O) groups excluding carboxylic acids is 1. The van der Waals surface area contributed by atoms with Gasteiger partial charge in [0.1, 0.15) is 18.2 Å². The molecule has 1 atom stereocenters. The Labute approximate surface area is 125 Å². The number of piperidine rings is 1. The van der Waals surface area contributed by atoms with Crippen LogP contribution in [-0.2, 0) is 4.79 Å². The molecule has 1 aliphatic heterocycles. The summed E-state index contributed by atoms with van der Waals surface area (Å²) in [7, 11) is 0. The molecule has 0 spiro atoms. The van der Waals surface area contributed by atoms with Crippen LogP contribution in [0.2, 0.25) is 0 Å². The predicted octanol–water partition coefficient (Wildman–Crippen LogP) is 2.10. The molecule has 1 fully saturated rings. The van der Waals surface area contributed by atoms with E-state index in [4.69, 9.17) is 4.74 Å². The van der Waals surface area contributed by atoms with Crippen molar-refractivity contribution in [3.63, 3.8) is 0 Å². The lowest BCUT2D eigenvalue weighted by atomic mass is 9.94. The fourth-order valence-corrected chi connectivity index (χ4v) is 2.48. The van der Waals surface area contributed by atoms with Crippen molar-refractivity contribution in [3.8, 4) is 5.75 Å². The average Bonchev–Trinajstić information content (AvgIpc) is 2.47. The zero-order valence-electron chi connectivity index (χ0n) is 12.4. The Hall–Kier alpha value is -1.62. The third kappa shape index (κ3) is 5.71. The Balaban J connectivity index is 1.67. The van der Waals surface area contributed by atoms with E-state index in [0.717, 1.165) is 25.9 Å². The molecule has 116 valence electrons. The quantitative estimate of drug-likeness (QED) is 0.845. The molecule has 1 aromatic rings. The van der Waals surface area contributed by atoms with E-state index in [2.05, 4.69) is 10.6 Å². The van der Waals surface area contributed by atoms with Gasteiger partial charge in [-0.1, -0.05) is 0 Å². The number of benzene rings is 1. The first kappa shape index (κ1) is 15.8. The van der Waals surface area contributed by atoms with Crippen molar-refractivity contribution in [1.29, 1.82) is 0 Å². The van der Waals surface area contributed by atoms with Crippen LogP contribution in [-0.4, -0.2) is 31.6 Å². The van der Waals surface area contributed by atoms with Crippen molar-refractivity contribution in [2.75, 3.05) is 19.7 Å². The van der Waals surface area contributed by atoms with E-state index >= 15 is 0 Å². The van der Waals surface area contributed by atoms with Gasteiger partial charge in [0.15, 0.2) is 0 Å². The zero-order chi connectivity index (χ0) is 15.1. The molecular formula is C16H23FN2O2. The minimum absolute atomic E-state index is 0.0655. The van der Waals surface area contributed by atoms with Crippen LogP contribution < -0.4 is 15.4 Å². The number of nitrogens with one attached hydrogen (secondary N) is 2.